The lowest BCUT2D eigenvalue weighted by atomic mass is 9.95. The third-order valence-electron chi connectivity index (χ3n) is 5.85. The average molecular weight is 413 g/mol. The fraction of sp³-hybridized carbons (Fsp3) is 0.920. The van der Waals surface area contributed by atoms with Crippen molar-refractivity contribution in [2.45, 2.75) is 137 Å². The van der Waals surface area contributed by atoms with E-state index in [1.54, 1.807) is 0 Å². The van der Waals surface area contributed by atoms with Gasteiger partial charge in [0.1, 0.15) is 6.10 Å². The summed E-state index contributed by atoms with van der Waals surface area (Å²) in [7, 11) is 0. The number of unbranched alkanes of at least 4 members (excludes halogenated alkanes) is 8. The maximum absolute atomic E-state index is 12.0. The topological polar surface area (TPSA) is 52.6 Å². The lowest BCUT2D eigenvalue weighted by Gasteiger charge is -2.19. The van der Waals surface area contributed by atoms with Crippen LogP contribution in [0.1, 0.15) is 130 Å². The minimum Gasteiger partial charge on any atom is -0.466 e. The molecule has 0 bridgehead atoms. The fourth-order valence-electron chi connectivity index (χ4n) is 3.58. The smallest absolute Gasteiger partial charge is 0.306 e. The summed E-state index contributed by atoms with van der Waals surface area (Å²) in [5.74, 6) is 0.145. The van der Waals surface area contributed by atoms with E-state index in [0.717, 1.165) is 32.1 Å². The Kier molecular flexibility index (Phi) is 19.5. The van der Waals surface area contributed by atoms with Crippen LogP contribution >= 0.6 is 0 Å². The van der Waals surface area contributed by atoms with Gasteiger partial charge in [-0.1, -0.05) is 91.9 Å². The van der Waals surface area contributed by atoms with Crippen LogP contribution in [0.25, 0.3) is 0 Å². The molecule has 0 heterocycles. The largest absolute Gasteiger partial charge is 0.466 e. The van der Waals surface area contributed by atoms with Gasteiger partial charge in [0.25, 0.3) is 0 Å². The summed E-state index contributed by atoms with van der Waals surface area (Å²) in [5.41, 5.74) is 0. The van der Waals surface area contributed by atoms with Crippen molar-refractivity contribution in [2.24, 2.45) is 5.92 Å². The second-order valence-corrected chi connectivity index (χ2v) is 8.33. The molecule has 0 saturated carbocycles. The Bertz CT molecular complexity index is 390. The SMILES string of the molecule is CCCCCCCCCCCOC(=O)CCC(=O)OC(CC)CCC(CC)CC. The van der Waals surface area contributed by atoms with Crippen molar-refractivity contribution in [3.8, 4) is 0 Å². The lowest BCUT2D eigenvalue weighted by molar-refractivity contribution is -0.154. The highest BCUT2D eigenvalue weighted by molar-refractivity contribution is 5.77. The van der Waals surface area contributed by atoms with Crippen LogP contribution in [0.2, 0.25) is 0 Å². The van der Waals surface area contributed by atoms with E-state index in [4.69, 9.17) is 9.47 Å². The molecule has 0 fully saturated rings. The van der Waals surface area contributed by atoms with Gasteiger partial charge in [-0.25, -0.2) is 0 Å². The molecule has 0 aromatic rings. The maximum Gasteiger partial charge on any atom is 0.306 e. The molecular formula is C25H48O4. The van der Waals surface area contributed by atoms with Crippen LogP contribution in [0.15, 0.2) is 0 Å². The summed E-state index contributed by atoms with van der Waals surface area (Å²) in [4.78, 5) is 23.8. The van der Waals surface area contributed by atoms with Crippen molar-refractivity contribution in [3.05, 3.63) is 0 Å². The number of hydrogen-bond donors (Lipinski definition) is 0. The third-order valence-corrected chi connectivity index (χ3v) is 5.85. The Hall–Kier alpha value is -1.06. The number of carbonyl (C=O) groups is 2. The molecule has 1 atom stereocenters. The molecule has 4 nitrogen and oxygen atoms in total. The number of carbonyl (C=O) groups excluding carboxylic acids is 2. The second-order valence-electron chi connectivity index (χ2n) is 8.33. The molecule has 0 aromatic heterocycles. The predicted molar refractivity (Wildman–Crippen MR) is 121 cm³/mol. The van der Waals surface area contributed by atoms with Crippen LogP contribution < -0.4 is 0 Å². The zero-order chi connectivity index (χ0) is 21.7. The Morgan fingerprint density at radius 2 is 1.21 bits per heavy atom. The summed E-state index contributed by atoms with van der Waals surface area (Å²) in [5, 5.41) is 0. The van der Waals surface area contributed by atoms with Crippen molar-refractivity contribution in [1.82, 2.24) is 0 Å². The first-order chi connectivity index (χ1) is 14.1. The van der Waals surface area contributed by atoms with Gasteiger partial charge in [-0.2, -0.15) is 0 Å². The Balaban J connectivity index is 3.68. The van der Waals surface area contributed by atoms with Crippen LogP contribution in [0.4, 0.5) is 0 Å². The van der Waals surface area contributed by atoms with E-state index in [-0.39, 0.29) is 30.9 Å². The molecule has 0 rings (SSSR count). The normalized spacial score (nSPS) is 12.2. The van der Waals surface area contributed by atoms with Crippen LogP contribution in [-0.2, 0) is 19.1 Å². The van der Waals surface area contributed by atoms with Crippen molar-refractivity contribution < 1.29 is 19.1 Å². The molecule has 0 aliphatic carbocycles. The highest BCUT2D eigenvalue weighted by Crippen LogP contribution is 2.19. The third kappa shape index (κ3) is 17.5. The molecule has 0 spiro atoms. The van der Waals surface area contributed by atoms with E-state index in [1.165, 1.54) is 57.8 Å². The van der Waals surface area contributed by atoms with E-state index in [2.05, 4.69) is 20.8 Å². The van der Waals surface area contributed by atoms with Crippen molar-refractivity contribution in [2.75, 3.05) is 6.61 Å². The first kappa shape index (κ1) is 27.9. The van der Waals surface area contributed by atoms with Gasteiger partial charge in [0, 0.05) is 0 Å². The number of esters is 2. The summed E-state index contributed by atoms with van der Waals surface area (Å²) >= 11 is 0. The molecule has 172 valence electrons. The molecule has 0 N–H and O–H groups in total. The maximum atomic E-state index is 12.0. The summed E-state index contributed by atoms with van der Waals surface area (Å²) in [6, 6.07) is 0. The minimum absolute atomic E-state index is 0.0268. The second kappa shape index (κ2) is 20.2. The molecule has 0 saturated heterocycles. The van der Waals surface area contributed by atoms with Gasteiger partial charge in [-0.3, -0.25) is 9.59 Å². The summed E-state index contributed by atoms with van der Waals surface area (Å²) < 4.78 is 10.8. The Labute approximate surface area is 180 Å². The van der Waals surface area contributed by atoms with Gasteiger partial charge in [-0.15, -0.1) is 0 Å². The van der Waals surface area contributed by atoms with E-state index in [0.29, 0.717) is 12.5 Å². The van der Waals surface area contributed by atoms with Crippen molar-refractivity contribution in [1.29, 1.82) is 0 Å². The monoisotopic (exact) mass is 412 g/mol. The van der Waals surface area contributed by atoms with E-state index >= 15 is 0 Å². The van der Waals surface area contributed by atoms with E-state index in [9.17, 15) is 9.59 Å². The first-order valence-electron chi connectivity index (χ1n) is 12.4. The van der Waals surface area contributed by atoms with Crippen molar-refractivity contribution >= 4 is 11.9 Å². The molecule has 0 aromatic carbocycles. The lowest BCUT2D eigenvalue weighted by Crippen LogP contribution is -2.19. The van der Waals surface area contributed by atoms with Gasteiger partial charge in [0.2, 0.25) is 0 Å². The molecule has 0 amide bonds. The fourth-order valence-corrected chi connectivity index (χ4v) is 3.58. The summed E-state index contributed by atoms with van der Waals surface area (Å²) in [6.45, 7) is 9.17. The molecule has 4 heteroatoms. The molecule has 0 aliphatic rings. The van der Waals surface area contributed by atoms with Gasteiger partial charge < -0.3 is 9.47 Å². The quantitative estimate of drug-likeness (QED) is 0.155. The van der Waals surface area contributed by atoms with Gasteiger partial charge in [0.15, 0.2) is 0 Å². The number of rotatable bonds is 20. The molecule has 0 radical (unpaired) electrons. The van der Waals surface area contributed by atoms with Crippen LogP contribution in [0.3, 0.4) is 0 Å². The standard InChI is InChI=1S/C25H48O4/c1-5-9-10-11-12-13-14-15-16-21-28-24(26)19-20-25(27)29-23(8-4)18-17-22(6-2)7-3/h22-23H,5-21H2,1-4H3. The number of ether oxygens (including phenoxy) is 2. The number of hydrogen-bond acceptors (Lipinski definition) is 4. The van der Waals surface area contributed by atoms with Gasteiger partial charge in [0.05, 0.1) is 19.4 Å². The molecule has 0 aliphatic heterocycles. The van der Waals surface area contributed by atoms with E-state index in [1.807, 2.05) is 6.92 Å². The van der Waals surface area contributed by atoms with Gasteiger partial charge >= 0.3 is 11.9 Å². The minimum atomic E-state index is -0.286. The Morgan fingerprint density at radius 1 is 0.655 bits per heavy atom. The highest BCUT2D eigenvalue weighted by Gasteiger charge is 2.16. The first-order valence-corrected chi connectivity index (χ1v) is 12.4. The van der Waals surface area contributed by atoms with Crippen molar-refractivity contribution in [3.63, 3.8) is 0 Å². The summed E-state index contributed by atoms with van der Waals surface area (Å²) in [6.07, 6.45) is 16.6. The van der Waals surface area contributed by atoms with Crippen LogP contribution in [0, 0.1) is 5.92 Å². The molecule has 1 unspecified atom stereocenters. The molecule has 29 heavy (non-hydrogen) atoms. The van der Waals surface area contributed by atoms with Crippen LogP contribution in [-0.4, -0.2) is 24.6 Å². The predicted octanol–water partition coefficient (Wildman–Crippen LogP) is 7.38. The van der Waals surface area contributed by atoms with E-state index < -0.39 is 0 Å². The molecular weight excluding hydrogens is 364 g/mol. The average Bonchev–Trinajstić information content (AvgIpc) is 2.73. The zero-order valence-corrected chi connectivity index (χ0v) is 19.8. The zero-order valence-electron chi connectivity index (χ0n) is 19.8. The van der Waals surface area contributed by atoms with Crippen LogP contribution in [0.5, 0.6) is 0 Å². The highest BCUT2D eigenvalue weighted by atomic mass is 16.5. The van der Waals surface area contributed by atoms with Gasteiger partial charge in [-0.05, 0) is 31.6 Å². The Morgan fingerprint density at radius 3 is 1.76 bits per heavy atom.